The minimum absolute atomic E-state index is 0.0988. The normalized spacial score (nSPS) is 22.5. The summed E-state index contributed by atoms with van der Waals surface area (Å²) in [5.41, 5.74) is 4.82. The highest BCUT2D eigenvalue weighted by Gasteiger charge is 2.26. The van der Waals surface area contributed by atoms with E-state index in [0.717, 1.165) is 17.2 Å². The molecule has 0 radical (unpaired) electrons. The lowest BCUT2D eigenvalue weighted by Gasteiger charge is -2.32. The van der Waals surface area contributed by atoms with E-state index in [0.29, 0.717) is 6.04 Å². The van der Waals surface area contributed by atoms with Crippen LogP contribution in [0.3, 0.4) is 0 Å². The minimum Gasteiger partial charge on any atom is -0.370 e. The van der Waals surface area contributed by atoms with Crippen LogP contribution < -0.4 is 10.6 Å². The Bertz CT molecular complexity index is 744. The number of amidine groups is 1. The van der Waals surface area contributed by atoms with Gasteiger partial charge < -0.3 is 10.6 Å². The zero-order valence-corrected chi connectivity index (χ0v) is 14.3. The second kappa shape index (κ2) is 6.68. The lowest BCUT2D eigenvalue weighted by molar-refractivity contribution is 0.442. The first-order chi connectivity index (χ1) is 11.8. The van der Waals surface area contributed by atoms with Crippen molar-refractivity contribution in [3.05, 3.63) is 59.7 Å². The SMILES string of the molecule is Cc1cccc(C2Nc3ccccc3NC2=NC2CCCCC2)c1. The zero-order valence-electron chi connectivity index (χ0n) is 14.3. The van der Waals surface area contributed by atoms with Gasteiger partial charge in [-0.25, -0.2) is 0 Å². The van der Waals surface area contributed by atoms with Crippen molar-refractivity contribution >= 4 is 17.2 Å². The molecule has 1 unspecified atom stereocenters. The molecule has 1 aliphatic carbocycles. The lowest BCUT2D eigenvalue weighted by atomic mass is 9.95. The van der Waals surface area contributed by atoms with Crippen molar-refractivity contribution in [2.75, 3.05) is 10.6 Å². The number of aryl methyl sites for hydroxylation is 1. The molecule has 0 bridgehead atoms. The maximum Gasteiger partial charge on any atom is 0.129 e. The lowest BCUT2D eigenvalue weighted by Crippen LogP contribution is -2.33. The molecule has 1 fully saturated rings. The molecule has 1 heterocycles. The summed E-state index contributed by atoms with van der Waals surface area (Å²) < 4.78 is 0. The predicted molar refractivity (Wildman–Crippen MR) is 102 cm³/mol. The molecule has 2 aromatic rings. The molecule has 2 aliphatic rings. The van der Waals surface area contributed by atoms with Gasteiger partial charge in [-0.2, -0.15) is 0 Å². The van der Waals surface area contributed by atoms with Crippen molar-refractivity contribution in [1.29, 1.82) is 0 Å². The number of nitrogens with one attached hydrogen (secondary N) is 2. The number of nitrogens with zero attached hydrogens (tertiary/aromatic N) is 1. The van der Waals surface area contributed by atoms with Crippen LogP contribution in [0.25, 0.3) is 0 Å². The number of hydrogen-bond donors (Lipinski definition) is 2. The van der Waals surface area contributed by atoms with E-state index < -0.39 is 0 Å². The molecule has 124 valence electrons. The molecule has 0 amide bonds. The highest BCUT2D eigenvalue weighted by Crippen LogP contribution is 2.34. The number of benzene rings is 2. The third-order valence-corrected chi connectivity index (χ3v) is 5.03. The Balaban J connectivity index is 1.71. The molecule has 4 rings (SSSR count). The second-order valence-corrected chi connectivity index (χ2v) is 6.97. The van der Waals surface area contributed by atoms with Gasteiger partial charge in [0.2, 0.25) is 0 Å². The summed E-state index contributed by atoms with van der Waals surface area (Å²) in [6, 6.07) is 17.7. The first-order valence-electron chi connectivity index (χ1n) is 9.06. The molecule has 1 atom stereocenters. The molecule has 0 spiro atoms. The van der Waals surface area contributed by atoms with Crippen molar-refractivity contribution in [3.63, 3.8) is 0 Å². The van der Waals surface area contributed by atoms with Crippen LogP contribution >= 0.6 is 0 Å². The van der Waals surface area contributed by atoms with E-state index in [2.05, 4.69) is 66.1 Å². The summed E-state index contributed by atoms with van der Waals surface area (Å²) in [6.07, 6.45) is 6.40. The summed E-state index contributed by atoms with van der Waals surface area (Å²) in [5, 5.41) is 7.29. The molecular weight excluding hydrogens is 294 g/mol. The van der Waals surface area contributed by atoms with Crippen molar-refractivity contribution in [3.8, 4) is 0 Å². The van der Waals surface area contributed by atoms with Gasteiger partial charge in [0.15, 0.2) is 0 Å². The van der Waals surface area contributed by atoms with Gasteiger partial charge in [-0.15, -0.1) is 0 Å². The number of fused-ring (bicyclic) bond motifs is 1. The van der Waals surface area contributed by atoms with Gasteiger partial charge in [-0.1, -0.05) is 61.2 Å². The van der Waals surface area contributed by atoms with Gasteiger partial charge in [-0.05, 0) is 37.5 Å². The van der Waals surface area contributed by atoms with Crippen LogP contribution in [0.1, 0.15) is 49.3 Å². The van der Waals surface area contributed by atoms with E-state index in [4.69, 9.17) is 4.99 Å². The topological polar surface area (TPSA) is 36.4 Å². The Morgan fingerprint density at radius 1 is 0.917 bits per heavy atom. The summed E-state index contributed by atoms with van der Waals surface area (Å²) in [4.78, 5) is 5.12. The average Bonchev–Trinajstić information content (AvgIpc) is 2.62. The number of anilines is 2. The Morgan fingerprint density at radius 2 is 1.71 bits per heavy atom. The van der Waals surface area contributed by atoms with Crippen LogP contribution in [0.4, 0.5) is 11.4 Å². The molecule has 3 nitrogen and oxygen atoms in total. The van der Waals surface area contributed by atoms with E-state index in [-0.39, 0.29) is 6.04 Å². The summed E-state index contributed by atoms with van der Waals surface area (Å²) in [6.45, 7) is 2.14. The molecule has 1 saturated carbocycles. The fourth-order valence-electron chi connectivity index (χ4n) is 3.76. The van der Waals surface area contributed by atoms with E-state index in [1.807, 2.05) is 0 Å². The van der Waals surface area contributed by atoms with Crippen LogP contribution in [-0.2, 0) is 0 Å². The van der Waals surface area contributed by atoms with Gasteiger partial charge in [0.05, 0.1) is 17.4 Å². The van der Waals surface area contributed by atoms with E-state index in [9.17, 15) is 0 Å². The molecule has 2 N–H and O–H groups in total. The molecular formula is C21H25N3. The maximum absolute atomic E-state index is 5.12. The van der Waals surface area contributed by atoms with Gasteiger partial charge in [0, 0.05) is 0 Å². The smallest absolute Gasteiger partial charge is 0.129 e. The number of rotatable bonds is 2. The van der Waals surface area contributed by atoms with Gasteiger partial charge >= 0.3 is 0 Å². The highest BCUT2D eigenvalue weighted by molar-refractivity contribution is 6.06. The first kappa shape index (κ1) is 15.3. The molecule has 0 saturated heterocycles. The highest BCUT2D eigenvalue weighted by atomic mass is 15.1. The predicted octanol–water partition coefficient (Wildman–Crippen LogP) is 5.30. The standard InChI is InChI=1S/C21H25N3/c1-15-8-7-9-16(14-15)20-21(22-17-10-3-2-4-11-17)24-19-13-6-5-12-18(19)23-20/h5-9,12-14,17,20,23H,2-4,10-11H2,1H3,(H,22,24). The van der Waals surface area contributed by atoms with Crippen molar-refractivity contribution in [2.45, 2.75) is 51.1 Å². The van der Waals surface area contributed by atoms with Crippen LogP contribution in [0.5, 0.6) is 0 Å². The summed E-state index contributed by atoms with van der Waals surface area (Å²) in [5.74, 6) is 1.06. The van der Waals surface area contributed by atoms with Crippen molar-refractivity contribution in [1.82, 2.24) is 0 Å². The number of para-hydroxylation sites is 2. The fourth-order valence-corrected chi connectivity index (χ4v) is 3.76. The molecule has 1 aliphatic heterocycles. The average molecular weight is 319 g/mol. The number of hydrogen-bond acceptors (Lipinski definition) is 2. The summed E-state index contributed by atoms with van der Waals surface area (Å²) in [7, 11) is 0. The second-order valence-electron chi connectivity index (χ2n) is 6.97. The van der Waals surface area contributed by atoms with Crippen LogP contribution in [0, 0.1) is 6.92 Å². The fraction of sp³-hybridized carbons (Fsp3) is 0.381. The van der Waals surface area contributed by atoms with Gasteiger partial charge in [0.1, 0.15) is 11.9 Å². The molecule has 2 aromatic carbocycles. The third kappa shape index (κ3) is 3.16. The summed E-state index contributed by atoms with van der Waals surface area (Å²) >= 11 is 0. The van der Waals surface area contributed by atoms with E-state index in [1.165, 1.54) is 43.2 Å². The van der Waals surface area contributed by atoms with Crippen LogP contribution in [0.2, 0.25) is 0 Å². The maximum atomic E-state index is 5.12. The monoisotopic (exact) mass is 319 g/mol. The van der Waals surface area contributed by atoms with Crippen LogP contribution in [0.15, 0.2) is 53.5 Å². The van der Waals surface area contributed by atoms with Crippen molar-refractivity contribution in [2.24, 2.45) is 4.99 Å². The quantitative estimate of drug-likeness (QED) is 0.787. The largest absolute Gasteiger partial charge is 0.370 e. The van der Waals surface area contributed by atoms with Crippen molar-refractivity contribution < 1.29 is 0 Å². The minimum atomic E-state index is 0.0988. The molecule has 24 heavy (non-hydrogen) atoms. The Kier molecular flexibility index (Phi) is 4.24. The molecule has 0 aromatic heterocycles. The van der Waals surface area contributed by atoms with Gasteiger partial charge in [0.25, 0.3) is 0 Å². The zero-order chi connectivity index (χ0) is 16.4. The van der Waals surface area contributed by atoms with E-state index >= 15 is 0 Å². The number of aliphatic imine (C=N–C) groups is 1. The Labute approximate surface area is 144 Å². The Hall–Kier alpha value is -2.29. The third-order valence-electron chi connectivity index (χ3n) is 5.03. The van der Waals surface area contributed by atoms with Gasteiger partial charge in [-0.3, -0.25) is 4.99 Å². The van der Waals surface area contributed by atoms with E-state index in [1.54, 1.807) is 0 Å². The molecule has 3 heteroatoms. The first-order valence-corrected chi connectivity index (χ1v) is 9.06. The Morgan fingerprint density at radius 3 is 2.50 bits per heavy atom. The van der Waals surface area contributed by atoms with Crippen LogP contribution in [-0.4, -0.2) is 11.9 Å².